The summed E-state index contributed by atoms with van der Waals surface area (Å²) >= 11 is 0. The topological polar surface area (TPSA) is 38.9 Å². The van der Waals surface area contributed by atoms with Crippen LogP contribution in [0.25, 0.3) is 0 Å². The van der Waals surface area contributed by atoms with Crippen LogP contribution in [0.5, 0.6) is 0 Å². The van der Waals surface area contributed by atoms with Gasteiger partial charge in [-0.25, -0.2) is 0 Å². The van der Waals surface area contributed by atoms with Crippen molar-refractivity contribution in [3.63, 3.8) is 0 Å². The summed E-state index contributed by atoms with van der Waals surface area (Å²) in [6, 6.07) is 0. The van der Waals surface area contributed by atoms with Gasteiger partial charge in [0, 0.05) is 6.92 Å². The molecular formula is C3H3FN2O. The van der Waals surface area contributed by atoms with Gasteiger partial charge in [-0.3, -0.25) is 0 Å². The third-order valence-electron chi connectivity index (χ3n) is 0.501. The molecule has 4 heteroatoms. The zero-order chi connectivity index (χ0) is 5.28. The van der Waals surface area contributed by atoms with Gasteiger partial charge < -0.3 is 4.42 Å². The van der Waals surface area contributed by atoms with Gasteiger partial charge in [-0.1, -0.05) is 5.10 Å². The van der Waals surface area contributed by atoms with Crippen LogP contribution < -0.4 is 0 Å². The molecule has 0 aliphatic rings. The highest BCUT2D eigenvalue weighted by molar-refractivity contribution is 4.62. The van der Waals surface area contributed by atoms with Crippen molar-refractivity contribution in [2.24, 2.45) is 0 Å². The zero-order valence-corrected chi connectivity index (χ0v) is 3.68. The van der Waals surface area contributed by atoms with E-state index in [1.165, 1.54) is 6.92 Å². The van der Waals surface area contributed by atoms with E-state index in [9.17, 15) is 4.39 Å². The summed E-state index contributed by atoms with van der Waals surface area (Å²) in [5.74, 6) is 0.248. The molecule has 1 aromatic rings. The molecule has 0 aliphatic heterocycles. The lowest BCUT2D eigenvalue weighted by molar-refractivity contribution is 0.325. The van der Waals surface area contributed by atoms with Crippen molar-refractivity contribution in [1.29, 1.82) is 0 Å². The SMILES string of the molecule is Cc1nnc(F)o1. The summed E-state index contributed by atoms with van der Waals surface area (Å²) in [5.41, 5.74) is 0. The highest BCUT2D eigenvalue weighted by atomic mass is 19.1. The van der Waals surface area contributed by atoms with Crippen molar-refractivity contribution in [3.8, 4) is 0 Å². The van der Waals surface area contributed by atoms with Crippen molar-refractivity contribution >= 4 is 0 Å². The van der Waals surface area contributed by atoms with Gasteiger partial charge in [-0.05, 0) is 0 Å². The van der Waals surface area contributed by atoms with E-state index < -0.39 is 6.14 Å². The van der Waals surface area contributed by atoms with Crippen molar-refractivity contribution in [2.75, 3.05) is 0 Å². The van der Waals surface area contributed by atoms with Crippen molar-refractivity contribution in [1.82, 2.24) is 10.2 Å². The molecule has 7 heavy (non-hydrogen) atoms. The highest BCUT2D eigenvalue weighted by Crippen LogP contribution is 1.91. The van der Waals surface area contributed by atoms with Crippen LogP contribution in [-0.2, 0) is 0 Å². The Morgan fingerprint density at radius 1 is 1.57 bits per heavy atom. The predicted octanol–water partition coefficient (Wildman–Crippen LogP) is 0.517. The van der Waals surface area contributed by atoms with Crippen LogP contribution >= 0.6 is 0 Å². The fourth-order valence-corrected chi connectivity index (χ4v) is 0.272. The van der Waals surface area contributed by atoms with E-state index in [0.29, 0.717) is 0 Å². The standard InChI is InChI=1S/C3H3FN2O/c1-2-5-6-3(4)7-2/h1H3. The maximum atomic E-state index is 11.6. The molecule has 1 rings (SSSR count). The molecule has 0 amide bonds. The summed E-state index contributed by atoms with van der Waals surface area (Å²) in [4.78, 5) is 0. The molecule has 0 saturated heterocycles. The predicted molar refractivity (Wildman–Crippen MR) is 19.0 cm³/mol. The minimum Gasteiger partial charge on any atom is -0.400 e. The normalized spacial score (nSPS) is 9.43. The number of hydrogen-bond donors (Lipinski definition) is 0. The lowest BCUT2D eigenvalue weighted by atomic mass is 10.8. The molecule has 0 bridgehead atoms. The van der Waals surface area contributed by atoms with Crippen LogP contribution in [0.4, 0.5) is 4.39 Å². The van der Waals surface area contributed by atoms with E-state index in [0.717, 1.165) is 0 Å². The summed E-state index contributed by atoms with van der Waals surface area (Å²) in [6.07, 6.45) is -0.877. The second kappa shape index (κ2) is 1.29. The second-order valence-corrected chi connectivity index (χ2v) is 1.07. The first-order valence-electron chi connectivity index (χ1n) is 1.74. The molecule has 0 saturated carbocycles. The first-order chi connectivity index (χ1) is 3.29. The van der Waals surface area contributed by atoms with E-state index in [2.05, 4.69) is 14.6 Å². The summed E-state index contributed by atoms with van der Waals surface area (Å²) in [5, 5.41) is 6.16. The molecule has 38 valence electrons. The van der Waals surface area contributed by atoms with Crippen molar-refractivity contribution in [3.05, 3.63) is 12.0 Å². The number of rotatable bonds is 0. The zero-order valence-electron chi connectivity index (χ0n) is 3.68. The summed E-state index contributed by atoms with van der Waals surface area (Å²) < 4.78 is 15.8. The van der Waals surface area contributed by atoms with Gasteiger partial charge in [0.25, 0.3) is 0 Å². The van der Waals surface area contributed by atoms with Crippen LogP contribution in [0.15, 0.2) is 4.42 Å². The number of nitrogens with zero attached hydrogens (tertiary/aromatic N) is 2. The monoisotopic (exact) mass is 102 g/mol. The summed E-state index contributed by atoms with van der Waals surface area (Å²) in [7, 11) is 0. The molecular weight excluding hydrogens is 99.0 g/mol. The maximum absolute atomic E-state index is 11.6. The molecule has 1 aromatic heterocycles. The van der Waals surface area contributed by atoms with Crippen LogP contribution in [0, 0.1) is 13.1 Å². The third kappa shape index (κ3) is 0.734. The van der Waals surface area contributed by atoms with Gasteiger partial charge in [0.15, 0.2) is 0 Å². The van der Waals surface area contributed by atoms with Crippen LogP contribution in [0.2, 0.25) is 0 Å². The van der Waals surface area contributed by atoms with E-state index in [4.69, 9.17) is 0 Å². The Labute approximate surface area is 39.2 Å². The second-order valence-electron chi connectivity index (χ2n) is 1.07. The average molecular weight is 102 g/mol. The molecule has 0 radical (unpaired) electrons. The quantitative estimate of drug-likeness (QED) is 0.479. The first-order valence-corrected chi connectivity index (χ1v) is 1.74. The van der Waals surface area contributed by atoms with E-state index in [-0.39, 0.29) is 5.89 Å². The van der Waals surface area contributed by atoms with Crippen LogP contribution in [0.1, 0.15) is 5.89 Å². The van der Waals surface area contributed by atoms with E-state index in [1.54, 1.807) is 0 Å². The fourth-order valence-electron chi connectivity index (χ4n) is 0.272. The maximum Gasteiger partial charge on any atom is 0.402 e. The molecule has 1 heterocycles. The third-order valence-corrected chi connectivity index (χ3v) is 0.501. The lowest BCUT2D eigenvalue weighted by Crippen LogP contribution is -1.68. The van der Waals surface area contributed by atoms with Crippen LogP contribution in [0.3, 0.4) is 0 Å². The van der Waals surface area contributed by atoms with Gasteiger partial charge in [0.2, 0.25) is 5.89 Å². The van der Waals surface area contributed by atoms with Crippen molar-refractivity contribution < 1.29 is 8.81 Å². The molecule has 0 unspecified atom stereocenters. The Kier molecular flexibility index (Phi) is 0.780. The van der Waals surface area contributed by atoms with E-state index >= 15 is 0 Å². The highest BCUT2D eigenvalue weighted by Gasteiger charge is 1.94. The Bertz CT molecular complexity index is 145. The fraction of sp³-hybridized carbons (Fsp3) is 0.333. The molecule has 0 N–H and O–H groups in total. The first kappa shape index (κ1) is 4.23. The van der Waals surface area contributed by atoms with E-state index in [1.807, 2.05) is 0 Å². The van der Waals surface area contributed by atoms with Gasteiger partial charge in [0.1, 0.15) is 0 Å². The van der Waals surface area contributed by atoms with Crippen LogP contribution in [-0.4, -0.2) is 10.2 Å². The van der Waals surface area contributed by atoms with Gasteiger partial charge in [-0.15, -0.1) is 9.49 Å². The minimum absolute atomic E-state index is 0.248. The Balaban J connectivity index is 3.04. The molecule has 3 nitrogen and oxygen atoms in total. The molecule has 0 spiro atoms. The summed E-state index contributed by atoms with van der Waals surface area (Å²) in [6.45, 7) is 1.52. The number of hydrogen-bond acceptors (Lipinski definition) is 3. The number of halogens is 1. The van der Waals surface area contributed by atoms with Gasteiger partial charge in [-0.2, -0.15) is 0 Å². The average Bonchev–Trinajstić information content (AvgIpc) is 1.87. The van der Waals surface area contributed by atoms with Gasteiger partial charge >= 0.3 is 6.14 Å². The largest absolute Gasteiger partial charge is 0.402 e. The number of aromatic nitrogens is 2. The lowest BCUT2D eigenvalue weighted by Gasteiger charge is -1.66. The smallest absolute Gasteiger partial charge is 0.400 e. The molecule has 0 fully saturated rings. The molecule has 0 aliphatic carbocycles. The Morgan fingerprint density at radius 3 is 2.43 bits per heavy atom. The molecule has 0 atom stereocenters. The molecule has 0 aromatic carbocycles. The van der Waals surface area contributed by atoms with Gasteiger partial charge in [0.05, 0.1) is 0 Å². The Morgan fingerprint density at radius 2 is 2.29 bits per heavy atom. The Hall–Kier alpha value is -0.930. The number of aryl methyl sites for hydroxylation is 1. The van der Waals surface area contributed by atoms with Crippen molar-refractivity contribution in [2.45, 2.75) is 6.92 Å². The minimum atomic E-state index is -0.877.